The van der Waals surface area contributed by atoms with Gasteiger partial charge in [-0.1, -0.05) is 12.1 Å². The molecule has 0 saturated heterocycles. The second-order valence-corrected chi connectivity index (χ2v) is 7.10. The molecule has 3 aromatic rings. The number of nitrogens with one attached hydrogen (secondary N) is 3. The number of pyridine rings is 1. The van der Waals surface area contributed by atoms with Gasteiger partial charge in [0, 0.05) is 31.7 Å². The van der Waals surface area contributed by atoms with Gasteiger partial charge in [-0.05, 0) is 42.2 Å². The van der Waals surface area contributed by atoms with Gasteiger partial charge in [0.05, 0.1) is 0 Å². The van der Waals surface area contributed by atoms with Crippen molar-refractivity contribution in [3.8, 4) is 11.5 Å². The third kappa shape index (κ3) is 3.87. The molecular formula is C21H22N4O4. The van der Waals surface area contributed by atoms with E-state index in [1.807, 2.05) is 6.07 Å². The fourth-order valence-electron chi connectivity index (χ4n) is 3.42. The largest absolute Gasteiger partial charge is 0.504 e. The third-order valence-electron chi connectivity index (χ3n) is 5.05. The zero-order valence-corrected chi connectivity index (χ0v) is 15.8. The Bertz CT molecular complexity index is 1120. The van der Waals surface area contributed by atoms with Crippen LogP contribution >= 0.6 is 0 Å². The van der Waals surface area contributed by atoms with E-state index in [2.05, 4.69) is 27.0 Å². The highest BCUT2D eigenvalue weighted by Crippen LogP contribution is 2.25. The van der Waals surface area contributed by atoms with Crippen molar-refractivity contribution < 1.29 is 10.2 Å². The Morgan fingerprint density at radius 3 is 2.59 bits per heavy atom. The fraction of sp³-hybridized carbons (Fsp3) is 0.286. The lowest BCUT2D eigenvalue weighted by Crippen LogP contribution is -2.37. The van der Waals surface area contributed by atoms with Gasteiger partial charge in [0.25, 0.3) is 10.9 Å². The molecule has 1 aromatic heterocycles. The topological polar surface area (TPSA) is 124 Å². The van der Waals surface area contributed by atoms with E-state index >= 15 is 0 Å². The molecule has 0 atom stereocenters. The maximum Gasteiger partial charge on any atom is 0.253 e. The summed E-state index contributed by atoms with van der Waals surface area (Å²) in [5, 5.41) is 28.2. The smallest absolute Gasteiger partial charge is 0.253 e. The van der Waals surface area contributed by atoms with Crippen LogP contribution in [0.2, 0.25) is 0 Å². The number of nitrogens with zero attached hydrogens (tertiary/aromatic N) is 1. The summed E-state index contributed by atoms with van der Waals surface area (Å²) in [5.41, 5.74) is 2.22. The number of aryl methyl sites for hydroxylation is 1. The van der Waals surface area contributed by atoms with Gasteiger partial charge in [-0.3, -0.25) is 9.59 Å². The number of hydrogen-bond donors (Lipinski definition) is 5. The molecule has 29 heavy (non-hydrogen) atoms. The molecule has 0 saturated carbocycles. The summed E-state index contributed by atoms with van der Waals surface area (Å²) in [5.74, 6) is 0.484. The summed E-state index contributed by atoms with van der Waals surface area (Å²) in [6, 6.07) is 8.47. The van der Waals surface area contributed by atoms with E-state index in [4.69, 9.17) is 0 Å². The van der Waals surface area contributed by atoms with E-state index in [1.54, 1.807) is 6.07 Å². The Balaban J connectivity index is 1.36. The van der Waals surface area contributed by atoms with Crippen LogP contribution in [0.25, 0.3) is 0 Å². The molecule has 8 nitrogen and oxygen atoms in total. The zero-order chi connectivity index (χ0) is 20.4. The Morgan fingerprint density at radius 1 is 1.00 bits per heavy atom. The molecule has 0 spiro atoms. The zero-order valence-electron chi connectivity index (χ0n) is 15.8. The van der Waals surface area contributed by atoms with Crippen molar-refractivity contribution in [2.45, 2.75) is 25.8 Å². The lowest BCUT2D eigenvalue weighted by atomic mass is 10.1. The van der Waals surface area contributed by atoms with Gasteiger partial charge in [0.2, 0.25) is 0 Å². The van der Waals surface area contributed by atoms with Crippen LogP contribution in [0.3, 0.4) is 0 Å². The highest BCUT2D eigenvalue weighted by atomic mass is 16.3. The molecule has 5 N–H and O–H groups in total. The van der Waals surface area contributed by atoms with Crippen molar-refractivity contribution in [1.82, 2.24) is 4.98 Å². The molecule has 0 fully saturated rings. The van der Waals surface area contributed by atoms with Gasteiger partial charge in [-0.25, -0.2) is 4.98 Å². The summed E-state index contributed by atoms with van der Waals surface area (Å²) < 4.78 is 0. The molecule has 0 radical (unpaired) electrons. The molecule has 1 aliphatic rings. The average molecular weight is 394 g/mol. The van der Waals surface area contributed by atoms with Crippen molar-refractivity contribution in [3.05, 3.63) is 67.6 Å². The second kappa shape index (κ2) is 7.83. The first-order chi connectivity index (χ1) is 14.0. The lowest BCUT2D eigenvalue weighted by molar-refractivity contribution is 0.403. The molecular weight excluding hydrogens is 372 g/mol. The van der Waals surface area contributed by atoms with Crippen LogP contribution in [0.4, 0.5) is 17.2 Å². The van der Waals surface area contributed by atoms with Crippen molar-refractivity contribution in [1.29, 1.82) is 0 Å². The van der Waals surface area contributed by atoms with Crippen LogP contribution in [0.1, 0.15) is 23.2 Å². The van der Waals surface area contributed by atoms with Crippen LogP contribution in [-0.4, -0.2) is 28.3 Å². The third-order valence-corrected chi connectivity index (χ3v) is 5.05. The van der Waals surface area contributed by atoms with Gasteiger partial charge in [0.1, 0.15) is 17.2 Å². The molecule has 0 aliphatic carbocycles. The van der Waals surface area contributed by atoms with Crippen LogP contribution in [-0.2, 0) is 19.4 Å². The van der Waals surface area contributed by atoms with E-state index in [9.17, 15) is 19.8 Å². The molecule has 8 heteroatoms. The van der Waals surface area contributed by atoms with Crippen molar-refractivity contribution in [2.24, 2.45) is 0 Å². The maximum absolute atomic E-state index is 11.9. The summed E-state index contributed by atoms with van der Waals surface area (Å²) in [7, 11) is 0. The number of anilines is 3. The molecule has 2 aromatic carbocycles. The van der Waals surface area contributed by atoms with E-state index < -0.39 is 10.9 Å². The number of aromatic nitrogens is 1. The van der Waals surface area contributed by atoms with Crippen molar-refractivity contribution in [3.63, 3.8) is 0 Å². The molecule has 1 aliphatic heterocycles. The number of rotatable bonds is 7. The molecule has 4 rings (SSSR count). The number of phenolic OH excluding ortho intramolecular Hbond substituents is 2. The van der Waals surface area contributed by atoms with E-state index in [0.717, 1.165) is 30.9 Å². The monoisotopic (exact) mass is 394 g/mol. The molecule has 150 valence electrons. The summed E-state index contributed by atoms with van der Waals surface area (Å²) in [6.45, 7) is 1.65. The summed E-state index contributed by atoms with van der Waals surface area (Å²) in [6.07, 6.45) is 2.77. The average Bonchev–Trinajstić information content (AvgIpc) is 2.74. The van der Waals surface area contributed by atoms with E-state index in [1.165, 1.54) is 17.7 Å². The van der Waals surface area contributed by atoms with E-state index in [-0.39, 0.29) is 29.4 Å². The van der Waals surface area contributed by atoms with Gasteiger partial charge < -0.3 is 26.2 Å². The molecule has 0 unspecified atom stereocenters. The van der Waals surface area contributed by atoms with Gasteiger partial charge in [0.15, 0.2) is 11.5 Å². The number of aromatic hydroxyl groups is 2. The SMILES string of the molecule is O=c1c(NCCc2ccc3c(n2)NCCC3)c(NCc2ccc(O)c(O)c2)c1=O. The van der Waals surface area contributed by atoms with Gasteiger partial charge in [-0.2, -0.15) is 0 Å². The van der Waals surface area contributed by atoms with Crippen LogP contribution in [0.15, 0.2) is 39.9 Å². The number of phenols is 2. The first-order valence-electron chi connectivity index (χ1n) is 9.57. The lowest BCUT2D eigenvalue weighted by Gasteiger charge is -2.18. The van der Waals surface area contributed by atoms with Crippen molar-refractivity contribution >= 4 is 17.2 Å². The van der Waals surface area contributed by atoms with E-state index in [0.29, 0.717) is 18.5 Å². The Hall–Kier alpha value is -3.55. The minimum atomic E-state index is -0.563. The van der Waals surface area contributed by atoms with Gasteiger partial charge >= 0.3 is 0 Å². The number of fused-ring (bicyclic) bond motifs is 1. The second-order valence-electron chi connectivity index (χ2n) is 7.10. The Labute approximate surface area is 166 Å². The standard InChI is InChI=1S/C21H22N4O4/c26-15-6-3-12(10-16(15)27)11-24-18-17(19(28)20(18)29)22-9-7-14-5-4-13-2-1-8-23-21(13)25-14/h3-6,10,22,24,26-27H,1-2,7-9,11H2,(H,23,25). The summed E-state index contributed by atoms with van der Waals surface area (Å²) in [4.78, 5) is 28.4. The Kier molecular flexibility index (Phi) is 5.07. The highest BCUT2D eigenvalue weighted by molar-refractivity contribution is 5.74. The first kappa shape index (κ1) is 18.8. The predicted octanol–water partition coefficient (Wildman–Crippen LogP) is 1.71. The van der Waals surface area contributed by atoms with Crippen LogP contribution < -0.4 is 26.8 Å². The molecule has 2 heterocycles. The molecule has 0 amide bonds. The number of benzene rings is 1. The fourth-order valence-corrected chi connectivity index (χ4v) is 3.42. The van der Waals surface area contributed by atoms with Gasteiger partial charge in [-0.15, -0.1) is 0 Å². The van der Waals surface area contributed by atoms with Crippen LogP contribution in [0, 0.1) is 0 Å². The maximum atomic E-state index is 11.9. The van der Waals surface area contributed by atoms with Crippen LogP contribution in [0.5, 0.6) is 11.5 Å². The summed E-state index contributed by atoms with van der Waals surface area (Å²) >= 11 is 0. The first-order valence-corrected chi connectivity index (χ1v) is 9.57. The molecule has 0 bridgehead atoms. The Morgan fingerprint density at radius 2 is 1.79 bits per heavy atom. The predicted molar refractivity (Wildman–Crippen MR) is 112 cm³/mol. The van der Waals surface area contributed by atoms with Crippen molar-refractivity contribution in [2.75, 3.05) is 29.0 Å². The minimum Gasteiger partial charge on any atom is -0.504 e. The quantitative estimate of drug-likeness (QED) is 0.303. The highest BCUT2D eigenvalue weighted by Gasteiger charge is 2.20. The number of hydrogen-bond acceptors (Lipinski definition) is 8. The normalized spacial score (nSPS) is 13.0. The minimum absolute atomic E-state index is 0.212.